The molecule has 1 aromatic heterocycles. The largest absolute Gasteiger partial charge is 0.349 e. The maximum Gasteiger partial charge on any atom is 0.220 e. The Kier molecular flexibility index (Phi) is 4.73. The van der Waals surface area contributed by atoms with Crippen molar-refractivity contribution >= 4 is 5.91 Å². The van der Waals surface area contributed by atoms with Crippen molar-refractivity contribution in [3.63, 3.8) is 0 Å². The van der Waals surface area contributed by atoms with Gasteiger partial charge in [-0.15, -0.1) is 0 Å². The summed E-state index contributed by atoms with van der Waals surface area (Å²) < 4.78 is 1.83. The van der Waals surface area contributed by atoms with Crippen LogP contribution in [0, 0.1) is 12.8 Å². The van der Waals surface area contributed by atoms with E-state index >= 15 is 0 Å². The molecule has 0 saturated carbocycles. The number of nitrogens with one attached hydrogen (secondary N) is 1. The molecule has 0 aliphatic heterocycles. The molecule has 0 aliphatic carbocycles. The predicted octanol–water partition coefficient (Wildman–Crippen LogP) is 2.34. The molecule has 4 nitrogen and oxygen atoms in total. The fourth-order valence-corrected chi connectivity index (χ4v) is 1.75. The van der Waals surface area contributed by atoms with Gasteiger partial charge in [-0.2, -0.15) is 5.10 Å². The topological polar surface area (TPSA) is 46.9 Å². The average molecular weight is 237 g/mol. The molecule has 0 aliphatic rings. The fourth-order valence-electron chi connectivity index (χ4n) is 1.75. The van der Waals surface area contributed by atoms with Crippen LogP contribution in [0.5, 0.6) is 0 Å². The second-order valence-corrected chi connectivity index (χ2v) is 5.03. The lowest BCUT2D eigenvalue weighted by molar-refractivity contribution is -0.122. The van der Waals surface area contributed by atoms with Crippen LogP contribution in [0.4, 0.5) is 0 Å². The number of carbonyl (C=O) groups excluding carboxylic acids is 1. The first-order valence-electron chi connectivity index (χ1n) is 6.19. The molecule has 1 aromatic rings. The van der Waals surface area contributed by atoms with Gasteiger partial charge in [0.25, 0.3) is 0 Å². The molecule has 4 heteroatoms. The SMILES string of the molecule is Cc1c([C@H](C)NC(=O)CCC(C)C)cnn1C. The van der Waals surface area contributed by atoms with Crippen molar-refractivity contribution in [3.05, 3.63) is 17.5 Å². The summed E-state index contributed by atoms with van der Waals surface area (Å²) in [5.41, 5.74) is 2.19. The van der Waals surface area contributed by atoms with Crippen LogP contribution in [0.25, 0.3) is 0 Å². The van der Waals surface area contributed by atoms with Crippen LogP contribution in [0.1, 0.15) is 50.9 Å². The minimum absolute atomic E-state index is 0.0309. The Hall–Kier alpha value is -1.32. The molecule has 1 amide bonds. The maximum atomic E-state index is 11.7. The summed E-state index contributed by atoms with van der Waals surface area (Å²) in [5, 5.41) is 7.20. The summed E-state index contributed by atoms with van der Waals surface area (Å²) >= 11 is 0. The van der Waals surface area contributed by atoms with Crippen LogP contribution in [0.15, 0.2) is 6.20 Å². The molecule has 0 radical (unpaired) electrons. The summed E-state index contributed by atoms with van der Waals surface area (Å²) in [7, 11) is 1.91. The number of aromatic nitrogens is 2. The first kappa shape index (κ1) is 13.7. The van der Waals surface area contributed by atoms with E-state index in [-0.39, 0.29) is 11.9 Å². The van der Waals surface area contributed by atoms with Gasteiger partial charge in [0.15, 0.2) is 0 Å². The van der Waals surface area contributed by atoms with Gasteiger partial charge in [-0.1, -0.05) is 13.8 Å². The highest BCUT2D eigenvalue weighted by atomic mass is 16.1. The third kappa shape index (κ3) is 3.88. The van der Waals surface area contributed by atoms with Crippen LogP contribution < -0.4 is 5.32 Å². The number of carbonyl (C=O) groups is 1. The third-order valence-corrected chi connectivity index (χ3v) is 3.07. The van der Waals surface area contributed by atoms with Gasteiger partial charge in [-0.05, 0) is 26.2 Å². The Morgan fingerprint density at radius 2 is 2.12 bits per heavy atom. The minimum atomic E-state index is 0.0309. The first-order chi connectivity index (χ1) is 7.91. The molecule has 1 rings (SSSR count). The van der Waals surface area contributed by atoms with Crippen molar-refractivity contribution in [1.82, 2.24) is 15.1 Å². The molecule has 1 heterocycles. The van der Waals surface area contributed by atoms with Crippen LogP contribution in [-0.2, 0) is 11.8 Å². The zero-order valence-corrected chi connectivity index (χ0v) is 11.4. The van der Waals surface area contributed by atoms with Crippen molar-refractivity contribution in [2.45, 2.75) is 46.6 Å². The summed E-state index contributed by atoms with van der Waals surface area (Å²) in [5.74, 6) is 0.686. The lowest BCUT2D eigenvalue weighted by Gasteiger charge is -2.14. The zero-order chi connectivity index (χ0) is 13.0. The highest BCUT2D eigenvalue weighted by molar-refractivity contribution is 5.76. The van der Waals surface area contributed by atoms with E-state index in [1.54, 1.807) is 0 Å². The molecule has 96 valence electrons. The van der Waals surface area contributed by atoms with E-state index in [2.05, 4.69) is 24.3 Å². The van der Waals surface area contributed by atoms with Gasteiger partial charge >= 0.3 is 0 Å². The van der Waals surface area contributed by atoms with Gasteiger partial charge in [0.05, 0.1) is 12.2 Å². The summed E-state index contributed by atoms with van der Waals surface area (Å²) in [6.45, 7) is 8.26. The number of amides is 1. The molecule has 1 atom stereocenters. The smallest absolute Gasteiger partial charge is 0.220 e. The Morgan fingerprint density at radius 1 is 1.47 bits per heavy atom. The van der Waals surface area contributed by atoms with Crippen molar-refractivity contribution in [2.75, 3.05) is 0 Å². The molecular weight excluding hydrogens is 214 g/mol. The zero-order valence-electron chi connectivity index (χ0n) is 11.4. The summed E-state index contributed by atoms with van der Waals surface area (Å²) in [4.78, 5) is 11.7. The minimum Gasteiger partial charge on any atom is -0.349 e. The van der Waals surface area contributed by atoms with E-state index in [9.17, 15) is 4.79 Å². The van der Waals surface area contributed by atoms with Gasteiger partial charge in [0.1, 0.15) is 0 Å². The van der Waals surface area contributed by atoms with Crippen LogP contribution in [0.3, 0.4) is 0 Å². The lowest BCUT2D eigenvalue weighted by atomic mass is 10.1. The quantitative estimate of drug-likeness (QED) is 0.854. The Balaban J connectivity index is 2.52. The first-order valence-corrected chi connectivity index (χ1v) is 6.19. The molecule has 0 aromatic carbocycles. The van der Waals surface area contributed by atoms with Crippen molar-refractivity contribution < 1.29 is 4.79 Å². The van der Waals surface area contributed by atoms with E-state index in [0.29, 0.717) is 12.3 Å². The van der Waals surface area contributed by atoms with Gasteiger partial charge in [0.2, 0.25) is 5.91 Å². The van der Waals surface area contributed by atoms with Crippen molar-refractivity contribution in [1.29, 1.82) is 0 Å². The van der Waals surface area contributed by atoms with Gasteiger partial charge in [-0.3, -0.25) is 9.48 Å². The van der Waals surface area contributed by atoms with E-state index in [0.717, 1.165) is 17.7 Å². The van der Waals surface area contributed by atoms with E-state index in [1.807, 2.05) is 31.8 Å². The van der Waals surface area contributed by atoms with E-state index in [1.165, 1.54) is 0 Å². The second-order valence-electron chi connectivity index (χ2n) is 5.03. The molecule has 0 bridgehead atoms. The molecular formula is C13H23N3O. The highest BCUT2D eigenvalue weighted by Gasteiger charge is 2.14. The van der Waals surface area contributed by atoms with Gasteiger partial charge in [0, 0.05) is 24.7 Å². The van der Waals surface area contributed by atoms with Crippen LogP contribution in [-0.4, -0.2) is 15.7 Å². The predicted molar refractivity (Wildman–Crippen MR) is 68.6 cm³/mol. The monoisotopic (exact) mass is 237 g/mol. The van der Waals surface area contributed by atoms with Gasteiger partial charge < -0.3 is 5.32 Å². The maximum absolute atomic E-state index is 11.7. The van der Waals surface area contributed by atoms with Crippen LogP contribution in [0.2, 0.25) is 0 Å². The molecule has 17 heavy (non-hydrogen) atoms. The van der Waals surface area contributed by atoms with Crippen molar-refractivity contribution in [2.24, 2.45) is 13.0 Å². The average Bonchev–Trinajstić information content (AvgIpc) is 2.57. The summed E-state index contributed by atoms with van der Waals surface area (Å²) in [6.07, 6.45) is 3.36. The number of hydrogen-bond acceptors (Lipinski definition) is 2. The Labute approximate surface area is 103 Å². The van der Waals surface area contributed by atoms with Crippen molar-refractivity contribution in [3.8, 4) is 0 Å². The number of rotatable bonds is 5. The Morgan fingerprint density at radius 3 is 2.59 bits per heavy atom. The van der Waals surface area contributed by atoms with E-state index in [4.69, 9.17) is 0 Å². The number of hydrogen-bond donors (Lipinski definition) is 1. The molecule has 0 fully saturated rings. The van der Waals surface area contributed by atoms with E-state index < -0.39 is 0 Å². The second kappa shape index (κ2) is 5.84. The highest BCUT2D eigenvalue weighted by Crippen LogP contribution is 2.16. The lowest BCUT2D eigenvalue weighted by Crippen LogP contribution is -2.26. The molecule has 0 saturated heterocycles. The standard InChI is InChI=1S/C13H23N3O/c1-9(2)6-7-13(17)15-10(3)12-8-14-16(5)11(12)4/h8-10H,6-7H2,1-5H3,(H,15,17)/t10-/m0/s1. The number of nitrogens with zero attached hydrogens (tertiary/aromatic N) is 2. The molecule has 0 spiro atoms. The van der Waals surface area contributed by atoms with Crippen LogP contribution >= 0.6 is 0 Å². The third-order valence-electron chi connectivity index (χ3n) is 3.07. The van der Waals surface area contributed by atoms with Gasteiger partial charge in [-0.25, -0.2) is 0 Å². The Bertz CT molecular complexity index is 382. The molecule has 1 N–H and O–H groups in total. The normalized spacial score (nSPS) is 12.8. The number of aryl methyl sites for hydroxylation is 1. The fraction of sp³-hybridized carbons (Fsp3) is 0.692. The molecule has 0 unspecified atom stereocenters. The summed E-state index contributed by atoms with van der Waals surface area (Å²) in [6, 6.07) is 0.0309.